The molecule has 54 heavy (non-hydrogen) atoms. The molecule has 2 N–H and O–H groups in total. The zero-order chi connectivity index (χ0) is 38.4. The second-order valence-corrected chi connectivity index (χ2v) is 13.5. The normalized spacial score (nSPS) is 19.1. The van der Waals surface area contributed by atoms with E-state index in [1.807, 2.05) is 72.8 Å². The summed E-state index contributed by atoms with van der Waals surface area (Å²) in [6, 6.07) is 35.1. The number of carbonyl (C=O) groups excluding carboxylic acids is 2. The number of methoxy groups -OCH3 is 1. The molecular weight excluding hydrogens is 711 g/mol. The maximum absolute atomic E-state index is 13.8. The highest BCUT2D eigenvalue weighted by Gasteiger charge is 2.43. The second-order valence-electron chi connectivity index (χ2n) is 13.1. The first-order valence-electron chi connectivity index (χ1n) is 17.5. The van der Waals surface area contributed by atoms with Gasteiger partial charge in [-0.2, -0.15) is 0 Å². The highest BCUT2D eigenvalue weighted by Crippen LogP contribution is 2.41. The van der Waals surface area contributed by atoms with Crippen molar-refractivity contribution in [3.8, 4) is 16.9 Å². The van der Waals surface area contributed by atoms with Crippen LogP contribution in [0.15, 0.2) is 127 Å². The molecule has 5 aromatic rings. The number of hydrogen-bond acceptors (Lipinski definition) is 5. The van der Waals surface area contributed by atoms with Crippen LogP contribution in [0.1, 0.15) is 69.6 Å². The van der Waals surface area contributed by atoms with Crippen molar-refractivity contribution in [2.24, 2.45) is 0 Å². The number of hydrogen-bond donors (Lipinski definition) is 2. The van der Waals surface area contributed by atoms with Gasteiger partial charge in [0.1, 0.15) is 23.7 Å². The molecule has 9 nitrogen and oxygen atoms in total. The Morgan fingerprint density at radius 2 is 1.15 bits per heavy atom. The van der Waals surface area contributed by atoms with Gasteiger partial charge < -0.3 is 24.7 Å². The maximum Gasteiger partial charge on any atom is 0.326 e. The van der Waals surface area contributed by atoms with E-state index in [2.05, 4.69) is 0 Å². The zero-order valence-electron chi connectivity index (χ0n) is 29.3. The van der Waals surface area contributed by atoms with Crippen LogP contribution in [0, 0.1) is 5.82 Å². The molecule has 0 bridgehead atoms. The highest BCUT2D eigenvalue weighted by atomic mass is 35.5. The number of rotatable bonds is 8. The molecule has 2 aliphatic heterocycles. The second kappa shape index (κ2) is 16.8. The van der Waals surface area contributed by atoms with Crippen LogP contribution in [0.3, 0.4) is 0 Å². The van der Waals surface area contributed by atoms with Crippen molar-refractivity contribution in [2.75, 3.05) is 7.11 Å². The number of nitrogens with zero attached hydrogens (tertiary/aromatic N) is 2. The first kappa shape index (κ1) is 37.7. The SMILES string of the molecule is COc1cc(F)cc(C(=O)N2[C@@H](c3ccccc3Cl)CC[C@H]2C(=O)O)c1.O=C(O)[C@@H]1CC[C@H](c2ccccc2)N1C(=O)c1ccc(-c2ccccc2)cc1. The molecule has 0 unspecified atom stereocenters. The fourth-order valence-corrected chi connectivity index (χ4v) is 7.53. The summed E-state index contributed by atoms with van der Waals surface area (Å²) in [4.78, 5) is 52.6. The zero-order valence-corrected chi connectivity index (χ0v) is 30.1. The molecular formula is C43H38ClFN2O7. The Morgan fingerprint density at radius 3 is 1.74 bits per heavy atom. The molecule has 2 aliphatic rings. The topological polar surface area (TPSA) is 124 Å². The summed E-state index contributed by atoms with van der Waals surface area (Å²) in [5, 5.41) is 19.6. The van der Waals surface area contributed by atoms with Crippen molar-refractivity contribution in [1.29, 1.82) is 0 Å². The first-order chi connectivity index (χ1) is 26.1. The minimum Gasteiger partial charge on any atom is -0.497 e. The molecule has 2 fully saturated rings. The quantitative estimate of drug-likeness (QED) is 0.163. The van der Waals surface area contributed by atoms with Crippen LogP contribution in [0.5, 0.6) is 5.75 Å². The Hall–Kier alpha value is -6.00. The average molecular weight is 749 g/mol. The monoisotopic (exact) mass is 748 g/mol. The standard InChI is InChI=1S/C24H21NO3.C19H17ClFNO4/c26-23(20-13-11-18(12-14-20)17-7-3-1-4-8-17)25-21(15-16-22(25)24(27)28)19-9-5-2-6-10-19;1-26-13-9-11(8-12(21)10-13)18(23)22-16(6-7-17(22)19(24)25)14-4-2-3-5-15(14)20/h1-14,21-22H,15-16H2,(H,27,28);2-5,8-10,16-17H,6-7H2,1H3,(H,24,25)/t21-,22+;16-,17+/m11/s1. The van der Waals surface area contributed by atoms with Gasteiger partial charge in [-0.1, -0.05) is 103 Å². The van der Waals surface area contributed by atoms with Crippen molar-refractivity contribution in [3.05, 3.63) is 160 Å². The Bertz CT molecular complexity index is 2130. The molecule has 2 heterocycles. The van der Waals surface area contributed by atoms with Gasteiger partial charge in [0.05, 0.1) is 19.2 Å². The lowest BCUT2D eigenvalue weighted by Crippen LogP contribution is -2.42. The third kappa shape index (κ3) is 8.14. The van der Waals surface area contributed by atoms with E-state index in [1.54, 1.807) is 36.4 Å². The summed E-state index contributed by atoms with van der Waals surface area (Å²) >= 11 is 6.26. The Morgan fingerprint density at radius 1 is 0.630 bits per heavy atom. The van der Waals surface area contributed by atoms with Crippen LogP contribution >= 0.6 is 11.6 Å². The number of likely N-dealkylation sites (tertiary alicyclic amines) is 2. The third-order valence-electron chi connectivity index (χ3n) is 9.85. The van der Waals surface area contributed by atoms with Crippen LogP contribution in [-0.2, 0) is 9.59 Å². The van der Waals surface area contributed by atoms with Crippen molar-refractivity contribution in [3.63, 3.8) is 0 Å². The van der Waals surface area contributed by atoms with E-state index in [4.69, 9.17) is 16.3 Å². The molecule has 11 heteroatoms. The summed E-state index contributed by atoms with van der Waals surface area (Å²) < 4.78 is 18.8. The van der Waals surface area contributed by atoms with Gasteiger partial charge in [0, 0.05) is 22.2 Å². The lowest BCUT2D eigenvalue weighted by Gasteiger charge is -2.29. The average Bonchev–Trinajstić information content (AvgIpc) is 3.85. The van der Waals surface area contributed by atoms with Gasteiger partial charge in [0.2, 0.25) is 0 Å². The Kier molecular flexibility index (Phi) is 11.7. The minimum atomic E-state index is -1.10. The molecule has 0 saturated carbocycles. The van der Waals surface area contributed by atoms with Gasteiger partial charge in [0.15, 0.2) is 0 Å². The van der Waals surface area contributed by atoms with E-state index in [0.29, 0.717) is 41.8 Å². The molecule has 0 aliphatic carbocycles. The number of amides is 2. The van der Waals surface area contributed by atoms with Crippen LogP contribution in [-0.4, -0.2) is 63.0 Å². The summed E-state index contributed by atoms with van der Waals surface area (Å²) in [5.41, 5.74) is 4.29. The Balaban J connectivity index is 0.000000185. The molecule has 0 radical (unpaired) electrons. The lowest BCUT2D eigenvalue weighted by atomic mass is 10.0. The van der Waals surface area contributed by atoms with Gasteiger partial charge in [0.25, 0.3) is 11.8 Å². The van der Waals surface area contributed by atoms with Crippen molar-refractivity contribution < 1.29 is 38.5 Å². The number of aliphatic carboxylic acids is 2. The van der Waals surface area contributed by atoms with Gasteiger partial charge in [-0.3, -0.25) is 9.59 Å². The van der Waals surface area contributed by atoms with Crippen molar-refractivity contribution >= 4 is 35.4 Å². The fourth-order valence-electron chi connectivity index (χ4n) is 7.26. The molecule has 4 atom stereocenters. The number of ether oxygens (including phenoxy) is 1. The first-order valence-corrected chi connectivity index (χ1v) is 17.9. The maximum atomic E-state index is 13.8. The lowest BCUT2D eigenvalue weighted by molar-refractivity contribution is -0.142. The van der Waals surface area contributed by atoms with E-state index < -0.39 is 41.8 Å². The minimum absolute atomic E-state index is 0.0343. The predicted molar refractivity (Wildman–Crippen MR) is 202 cm³/mol. The number of carbonyl (C=O) groups is 4. The summed E-state index contributed by atoms with van der Waals surface area (Å²) in [6.07, 6.45) is 1.86. The van der Waals surface area contributed by atoms with E-state index >= 15 is 0 Å². The fraction of sp³-hybridized carbons (Fsp3) is 0.209. The van der Waals surface area contributed by atoms with E-state index in [1.165, 1.54) is 23.0 Å². The van der Waals surface area contributed by atoms with Crippen LogP contribution < -0.4 is 4.74 Å². The predicted octanol–water partition coefficient (Wildman–Crippen LogP) is 8.70. The molecule has 7 rings (SSSR count). The van der Waals surface area contributed by atoms with E-state index in [-0.39, 0.29) is 23.3 Å². The molecule has 0 spiro atoms. The number of carboxylic acid groups (broad SMARTS) is 2. The highest BCUT2D eigenvalue weighted by molar-refractivity contribution is 6.31. The smallest absolute Gasteiger partial charge is 0.326 e. The summed E-state index contributed by atoms with van der Waals surface area (Å²) in [5.74, 6) is -3.30. The molecule has 0 aromatic heterocycles. The van der Waals surface area contributed by atoms with Gasteiger partial charge in [-0.15, -0.1) is 0 Å². The van der Waals surface area contributed by atoms with Gasteiger partial charge in [-0.05, 0) is 78.3 Å². The van der Waals surface area contributed by atoms with Crippen LogP contribution in [0.25, 0.3) is 11.1 Å². The molecule has 5 aromatic carbocycles. The van der Waals surface area contributed by atoms with E-state index in [0.717, 1.165) is 28.8 Å². The van der Waals surface area contributed by atoms with E-state index in [9.17, 15) is 33.8 Å². The summed E-state index contributed by atoms with van der Waals surface area (Å²) in [6.45, 7) is 0. The van der Waals surface area contributed by atoms with Crippen molar-refractivity contribution in [1.82, 2.24) is 9.80 Å². The summed E-state index contributed by atoms with van der Waals surface area (Å²) in [7, 11) is 1.37. The van der Waals surface area contributed by atoms with Gasteiger partial charge in [-0.25, -0.2) is 14.0 Å². The molecule has 276 valence electrons. The number of halogens is 2. The number of carboxylic acids is 2. The molecule has 2 saturated heterocycles. The van der Waals surface area contributed by atoms with Crippen molar-refractivity contribution in [2.45, 2.75) is 49.9 Å². The molecule has 2 amide bonds. The Labute approximate surface area is 317 Å². The largest absolute Gasteiger partial charge is 0.497 e. The third-order valence-corrected chi connectivity index (χ3v) is 10.2. The van der Waals surface area contributed by atoms with Crippen LogP contribution in [0.2, 0.25) is 5.02 Å². The number of benzene rings is 5. The van der Waals surface area contributed by atoms with Gasteiger partial charge >= 0.3 is 11.9 Å². The van der Waals surface area contributed by atoms with Crippen LogP contribution in [0.4, 0.5) is 4.39 Å².